The second kappa shape index (κ2) is 8.14. The average Bonchev–Trinajstić information content (AvgIpc) is 3.18. The quantitative estimate of drug-likeness (QED) is 0.665. The number of benzene rings is 2. The maximum Gasteiger partial charge on any atom is 0.269 e. The van der Waals surface area contributed by atoms with Crippen LogP contribution in [0.15, 0.2) is 48.5 Å². The van der Waals surface area contributed by atoms with E-state index in [9.17, 15) is 4.79 Å². The van der Waals surface area contributed by atoms with Gasteiger partial charge in [0, 0.05) is 16.1 Å². The first-order valence-corrected chi connectivity index (χ1v) is 8.73. The molecular formula is C20H20ClN3O3. The minimum atomic E-state index is -0.287. The molecule has 7 heteroatoms. The lowest BCUT2D eigenvalue weighted by Gasteiger charge is -2.17. The minimum absolute atomic E-state index is 0.264. The van der Waals surface area contributed by atoms with Crippen molar-refractivity contribution < 1.29 is 14.3 Å². The molecule has 3 aromatic rings. The Labute approximate surface area is 162 Å². The van der Waals surface area contributed by atoms with E-state index in [0.29, 0.717) is 27.9 Å². The van der Waals surface area contributed by atoms with E-state index in [4.69, 9.17) is 21.1 Å². The number of hydrogen-bond donors (Lipinski definition) is 2. The Bertz CT molecular complexity index is 938. The number of amides is 1. The Morgan fingerprint density at radius 2 is 1.85 bits per heavy atom. The molecule has 0 aliphatic heterocycles. The smallest absolute Gasteiger partial charge is 0.269 e. The minimum Gasteiger partial charge on any atom is -0.497 e. The number of rotatable bonds is 6. The van der Waals surface area contributed by atoms with Gasteiger partial charge in [-0.25, -0.2) is 0 Å². The maximum atomic E-state index is 12.6. The molecule has 27 heavy (non-hydrogen) atoms. The number of nitrogens with one attached hydrogen (secondary N) is 2. The van der Waals surface area contributed by atoms with Crippen LogP contribution in [0.2, 0.25) is 5.02 Å². The predicted octanol–water partition coefficient (Wildman–Crippen LogP) is 4.24. The van der Waals surface area contributed by atoms with Gasteiger partial charge < -0.3 is 14.8 Å². The van der Waals surface area contributed by atoms with Gasteiger partial charge in [-0.15, -0.1) is 0 Å². The molecule has 0 spiro atoms. The molecule has 0 saturated heterocycles. The van der Waals surface area contributed by atoms with Crippen LogP contribution in [-0.2, 0) is 0 Å². The van der Waals surface area contributed by atoms with Gasteiger partial charge in [-0.3, -0.25) is 9.89 Å². The largest absolute Gasteiger partial charge is 0.497 e. The Kier molecular flexibility index (Phi) is 5.66. The molecule has 140 valence electrons. The topological polar surface area (TPSA) is 76.2 Å². The second-order valence-electron chi connectivity index (χ2n) is 5.98. The van der Waals surface area contributed by atoms with E-state index in [-0.39, 0.29) is 11.9 Å². The molecule has 0 radical (unpaired) electrons. The van der Waals surface area contributed by atoms with Gasteiger partial charge in [-0.1, -0.05) is 23.7 Å². The van der Waals surface area contributed by atoms with E-state index in [0.717, 1.165) is 11.1 Å². The molecule has 0 aliphatic rings. The fourth-order valence-corrected chi connectivity index (χ4v) is 2.86. The van der Waals surface area contributed by atoms with Crippen molar-refractivity contribution in [2.24, 2.45) is 0 Å². The lowest BCUT2D eigenvalue weighted by atomic mass is 10.1. The number of aromatic amines is 1. The van der Waals surface area contributed by atoms with Crippen LogP contribution in [0.25, 0.3) is 11.3 Å². The van der Waals surface area contributed by atoms with Gasteiger partial charge in [-0.05, 0) is 43.3 Å². The zero-order valence-electron chi connectivity index (χ0n) is 15.2. The first kappa shape index (κ1) is 18.8. The molecule has 0 aliphatic carbocycles. The van der Waals surface area contributed by atoms with E-state index in [2.05, 4.69) is 15.5 Å². The van der Waals surface area contributed by atoms with Gasteiger partial charge in [-0.2, -0.15) is 5.10 Å². The summed E-state index contributed by atoms with van der Waals surface area (Å²) < 4.78 is 10.6. The van der Waals surface area contributed by atoms with Gasteiger partial charge in [0.25, 0.3) is 5.91 Å². The Hall–Kier alpha value is -2.99. The van der Waals surface area contributed by atoms with Crippen molar-refractivity contribution in [2.45, 2.75) is 13.0 Å². The fraction of sp³-hybridized carbons (Fsp3) is 0.200. The molecule has 1 heterocycles. The maximum absolute atomic E-state index is 12.6. The third kappa shape index (κ3) is 4.23. The zero-order valence-corrected chi connectivity index (χ0v) is 16.0. The van der Waals surface area contributed by atoms with E-state index < -0.39 is 0 Å². The van der Waals surface area contributed by atoms with Crippen molar-refractivity contribution >= 4 is 17.5 Å². The summed E-state index contributed by atoms with van der Waals surface area (Å²) in [7, 11) is 3.19. The summed E-state index contributed by atoms with van der Waals surface area (Å²) in [5.74, 6) is 1.11. The monoisotopic (exact) mass is 385 g/mol. The third-order valence-corrected chi connectivity index (χ3v) is 4.47. The number of nitrogens with zero attached hydrogens (tertiary/aromatic N) is 1. The highest BCUT2D eigenvalue weighted by molar-refractivity contribution is 6.30. The van der Waals surface area contributed by atoms with E-state index >= 15 is 0 Å². The summed E-state index contributed by atoms with van der Waals surface area (Å²) in [4.78, 5) is 12.6. The molecule has 2 aromatic carbocycles. The summed E-state index contributed by atoms with van der Waals surface area (Å²) in [6, 6.07) is 14.1. The molecule has 0 bridgehead atoms. The molecule has 6 nitrogen and oxygen atoms in total. The van der Waals surface area contributed by atoms with Crippen molar-refractivity contribution in [1.29, 1.82) is 0 Å². The average molecular weight is 386 g/mol. The summed E-state index contributed by atoms with van der Waals surface area (Å²) in [5.41, 5.74) is 2.73. The summed E-state index contributed by atoms with van der Waals surface area (Å²) in [6.45, 7) is 1.88. The molecule has 3 rings (SSSR count). The lowest BCUT2D eigenvalue weighted by molar-refractivity contribution is 0.0934. The van der Waals surface area contributed by atoms with E-state index in [1.165, 1.54) is 0 Å². The molecule has 0 saturated carbocycles. The van der Waals surface area contributed by atoms with Crippen molar-refractivity contribution in [1.82, 2.24) is 15.5 Å². The van der Waals surface area contributed by atoms with Gasteiger partial charge in [0.2, 0.25) is 0 Å². The van der Waals surface area contributed by atoms with Crippen LogP contribution in [0.4, 0.5) is 0 Å². The van der Waals surface area contributed by atoms with Crippen LogP contribution in [0.1, 0.15) is 29.0 Å². The summed E-state index contributed by atoms with van der Waals surface area (Å²) in [5, 5.41) is 10.6. The van der Waals surface area contributed by atoms with Crippen molar-refractivity contribution in [3.63, 3.8) is 0 Å². The van der Waals surface area contributed by atoms with Crippen molar-refractivity contribution in [2.75, 3.05) is 14.2 Å². The SMILES string of the molecule is COc1ccc(OC)c(C(C)NC(=O)c2cc(-c3ccc(Cl)cc3)n[nH]2)c1. The third-order valence-electron chi connectivity index (χ3n) is 4.21. The number of methoxy groups -OCH3 is 2. The molecule has 2 N–H and O–H groups in total. The van der Waals surface area contributed by atoms with Gasteiger partial charge in [0.15, 0.2) is 0 Å². The Morgan fingerprint density at radius 1 is 1.11 bits per heavy atom. The van der Waals surface area contributed by atoms with Crippen LogP contribution in [0.3, 0.4) is 0 Å². The first-order valence-electron chi connectivity index (χ1n) is 8.36. The first-order chi connectivity index (χ1) is 13.0. The van der Waals surface area contributed by atoms with Gasteiger partial charge in [0.1, 0.15) is 17.2 Å². The Morgan fingerprint density at radius 3 is 2.52 bits per heavy atom. The number of carbonyl (C=O) groups excluding carboxylic acids is 1. The highest BCUT2D eigenvalue weighted by Gasteiger charge is 2.18. The number of aromatic nitrogens is 2. The van der Waals surface area contributed by atoms with Gasteiger partial charge >= 0.3 is 0 Å². The van der Waals surface area contributed by atoms with Crippen LogP contribution in [-0.4, -0.2) is 30.3 Å². The predicted molar refractivity (Wildman–Crippen MR) is 104 cm³/mol. The zero-order chi connectivity index (χ0) is 19.4. The number of carbonyl (C=O) groups is 1. The fourth-order valence-electron chi connectivity index (χ4n) is 2.74. The highest BCUT2D eigenvalue weighted by atomic mass is 35.5. The molecule has 0 fully saturated rings. The summed E-state index contributed by atoms with van der Waals surface area (Å²) in [6.07, 6.45) is 0. The van der Waals surface area contributed by atoms with Crippen LogP contribution in [0.5, 0.6) is 11.5 Å². The lowest BCUT2D eigenvalue weighted by Crippen LogP contribution is -2.27. The number of halogens is 1. The molecule has 1 amide bonds. The standard InChI is InChI=1S/C20H20ClN3O3/c1-12(16-10-15(26-2)8-9-19(16)27-3)22-20(25)18-11-17(23-24-18)13-4-6-14(21)7-5-13/h4-12H,1-3H3,(H,22,25)(H,23,24). The Balaban J connectivity index is 1.77. The summed E-state index contributed by atoms with van der Waals surface area (Å²) >= 11 is 5.91. The molecule has 1 aromatic heterocycles. The second-order valence-corrected chi connectivity index (χ2v) is 6.41. The van der Waals surface area contributed by atoms with E-state index in [1.54, 1.807) is 32.4 Å². The molecular weight excluding hydrogens is 366 g/mol. The van der Waals surface area contributed by atoms with Crippen molar-refractivity contribution in [3.05, 3.63) is 64.8 Å². The van der Waals surface area contributed by atoms with E-state index in [1.807, 2.05) is 37.3 Å². The van der Waals surface area contributed by atoms with Crippen LogP contribution >= 0.6 is 11.6 Å². The van der Waals surface area contributed by atoms with Crippen LogP contribution in [0, 0.1) is 0 Å². The normalized spacial score (nSPS) is 11.7. The number of ether oxygens (including phenoxy) is 2. The highest BCUT2D eigenvalue weighted by Crippen LogP contribution is 2.29. The number of hydrogen-bond acceptors (Lipinski definition) is 4. The molecule has 1 atom stereocenters. The van der Waals surface area contributed by atoms with Gasteiger partial charge in [0.05, 0.1) is 26.0 Å². The molecule has 1 unspecified atom stereocenters. The van der Waals surface area contributed by atoms with Crippen LogP contribution < -0.4 is 14.8 Å². The number of H-pyrrole nitrogens is 1. The van der Waals surface area contributed by atoms with Crippen molar-refractivity contribution in [3.8, 4) is 22.8 Å².